The SMILES string of the molecule is C=CCn1c(S[C@@H](C)C(=O)NN=Cc2cc([N+](=O)[O-])cc(OC)c2O)nnc1-c1ccc(Br)cc1. The summed E-state index contributed by atoms with van der Waals surface area (Å²) in [6.07, 6.45) is 2.82. The lowest BCUT2D eigenvalue weighted by atomic mass is 10.2. The number of nitrogens with one attached hydrogen (secondary N) is 1. The number of carbonyl (C=O) groups excluding carboxylic acids is 1. The first-order valence-corrected chi connectivity index (χ1v) is 11.8. The number of hydrazone groups is 1. The van der Waals surface area contributed by atoms with Crippen LogP contribution in [0.5, 0.6) is 11.5 Å². The maximum atomic E-state index is 12.6. The number of carbonyl (C=O) groups is 1. The van der Waals surface area contributed by atoms with Crippen LogP contribution >= 0.6 is 27.7 Å². The zero-order chi connectivity index (χ0) is 25.5. The Kier molecular flexibility index (Phi) is 8.60. The lowest BCUT2D eigenvalue weighted by molar-refractivity contribution is -0.385. The van der Waals surface area contributed by atoms with Gasteiger partial charge in [-0.1, -0.05) is 45.9 Å². The summed E-state index contributed by atoms with van der Waals surface area (Å²) in [5.41, 5.74) is 2.95. The van der Waals surface area contributed by atoms with Crippen molar-refractivity contribution in [3.05, 3.63) is 69.2 Å². The molecule has 1 heterocycles. The minimum Gasteiger partial charge on any atom is -0.504 e. The summed E-state index contributed by atoms with van der Waals surface area (Å²) < 4.78 is 7.73. The molecule has 0 fully saturated rings. The molecule has 13 heteroatoms. The molecule has 0 radical (unpaired) electrons. The van der Waals surface area contributed by atoms with Gasteiger partial charge >= 0.3 is 0 Å². The van der Waals surface area contributed by atoms with Crippen molar-refractivity contribution in [2.75, 3.05) is 7.11 Å². The van der Waals surface area contributed by atoms with Gasteiger partial charge in [-0.15, -0.1) is 16.8 Å². The van der Waals surface area contributed by atoms with Gasteiger partial charge in [-0.25, -0.2) is 5.43 Å². The summed E-state index contributed by atoms with van der Waals surface area (Å²) in [5.74, 6) is -0.224. The number of halogens is 1. The topological polar surface area (TPSA) is 145 Å². The molecule has 182 valence electrons. The van der Waals surface area contributed by atoms with Crippen molar-refractivity contribution in [1.29, 1.82) is 0 Å². The number of ether oxygens (including phenoxy) is 1. The number of amides is 1. The van der Waals surface area contributed by atoms with Gasteiger partial charge in [-0.3, -0.25) is 19.5 Å². The molecule has 0 saturated heterocycles. The molecule has 3 rings (SSSR count). The molecular formula is C22H21BrN6O5S. The second kappa shape index (κ2) is 11.6. The number of hydrogen-bond donors (Lipinski definition) is 2. The van der Waals surface area contributed by atoms with Gasteiger partial charge in [0, 0.05) is 28.2 Å². The van der Waals surface area contributed by atoms with Crippen LogP contribution in [0.1, 0.15) is 12.5 Å². The van der Waals surface area contributed by atoms with E-state index in [0.717, 1.165) is 28.4 Å². The van der Waals surface area contributed by atoms with Gasteiger partial charge in [0.15, 0.2) is 22.5 Å². The van der Waals surface area contributed by atoms with E-state index < -0.39 is 16.1 Å². The fourth-order valence-corrected chi connectivity index (χ4v) is 4.04. The number of nitrogens with zero attached hydrogens (tertiary/aromatic N) is 5. The third-order valence-electron chi connectivity index (χ3n) is 4.68. The fraction of sp³-hybridized carbons (Fsp3) is 0.182. The largest absolute Gasteiger partial charge is 0.504 e. The van der Waals surface area contributed by atoms with E-state index in [1.165, 1.54) is 18.9 Å². The Bertz CT molecular complexity index is 1280. The van der Waals surface area contributed by atoms with Gasteiger partial charge in [0.25, 0.3) is 11.6 Å². The number of phenols is 1. The number of aromatic nitrogens is 3. The van der Waals surface area contributed by atoms with E-state index in [9.17, 15) is 20.0 Å². The van der Waals surface area contributed by atoms with E-state index >= 15 is 0 Å². The second-order valence-electron chi connectivity index (χ2n) is 7.05. The second-order valence-corrected chi connectivity index (χ2v) is 9.27. The lowest BCUT2D eigenvalue weighted by Crippen LogP contribution is -2.27. The summed E-state index contributed by atoms with van der Waals surface area (Å²) >= 11 is 4.59. The standard InChI is InChI=1S/C22H21BrN6O5S/c1-4-9-28-20(14-5-7-16(23)8-6-14)25-27-22(28)35-13(2)21(31)26-24-12-15-10-17(29(32)33)11-18(34-3)19(15)30/h4-8,10-13,30H,1,9H2,2-3H3,(H,26,31)/t13-/m0/s1. The molecule has 0 bridgehead atoms. The molecule has 0 aliphatic carbocycles. The highest BCUT2D eigenvalue weighted by Gasteiger charge is 2.21. The monoisotopic (exact) mass is 560 g/mol. The van der Waals surface area contributed by atoms with Crippen molar-refractivity contribution < 1.29 is 19.6 Å². The predicted octanol–water partition coefficient (Wildman–Crippen LogP) is 4.15. The summed E-state index contributed by atoms with van der Waals surface area (Å²) in [6, 6.07) is 9.82. The van der Waals surface area contributed by atoms with E-state index in [4.69, 9.17) is 4.74 Å². The van der Waals surface area contributed by atoms with Crippen LogP contribution in [0.25, 0.3) is 11.4 Å². The third-order valence-corrected chi connectivity index (χ3v) is 6.29. The summed E-state index contributed by atoms with van der Waals surface area (Å²) in [4.78, 5) is 23.0. The van der Waals surface area contributed by atoms with Gasteiger partial charge in [0.05, 0.1) is 29.6 Å². The number of rotatable bonds is 10. The van der Waals surface area contributed by atoms with Crippen LogP contribution in [0.3, 0.4) is 0 Å². The van der Waals surface area contributed by atoms with E-state index in [0.29, 0.717) is 17.5 Å². The Morgan fingerprint density at radius 2 is 2.11 bits per heavy atom. The zero-order valence-corrected chi connectivity index (χ0v) is 21.1. The van der Waals surface area contributed by atoms with Gasteiger partial charge in [0.2, 0.25) is 0 Å². The van der Waals surface area contributed by atoms with E-state index in [2.05, 4.69) is 43.2 Å². The van der Waals surface area contributed by atoms with Crippen molar-refractivity contribution in [3.8, 4) is 22.9 Å². The number of non-ortho nitro benzene ring substituents is 1. The number of aromatic hydroxyl groups is 1. The smallest absolute Gasteiger partial charge is 0.274 e. The Morgan fingerprint density at radius 1 is 1.40 bits per heavy atom. The summed E-state index contributed by atoms with van der Waals surface area (Å²) in [7, 11) is 1.27. The molecule has 35 heavy (non-hydrogen) atoms. The molecule has 1 aromatic heterocycles. The molecule has 0 unspecified atom stereocenters. The number of nitro benzene ring substituents is 1. The normalized spacial score (nSPS) is 11.9. The first-order valence-electron chi connectivity index (χ1n) is 10.1. The Hall–Kier alpha value is -3.71. The van der Waals surface area contributed by atoms with Crippen LogP contribution in [0, 0.1) is 10.1 Å². The van der Waals surface area contributed by atoms with Crippen LogP contribution < -0.4 is 10.2 Å². The lowest BCUT2D eigenvalue weighted by Gasteiger charge is -2.11. The molecule has 3 aromatic rings. The quantitative estimate of drug-likeness (QED) is 0.124. The van der Waals surface area contributed by atoms with Gasteiger partial charge in [-0.2, -0.15) is 5.10 Å². The van der Waals surface area contributed by atoms with Crippen molar-refractivity contribution in [3.63, 3.8) is 0 Å². The molecule has 11 nitrogen and oxygen atoms in total. The first kappa shape index (κ1) is 25.9. The molecule has 2 aromatic carbocycles. The highest BCUT2D eigenvalue weighted by Crippen LogP contribution is 2.33. The van der Waals surface area contributed by atoms with Crippen molar-refractivity contribution in [1.82, 2.24) is 20.2 Å². The van der Waals surface area contributed by atoms with Crippen LogP contribution in [0.4, 0.5) is 5.69 Å². The molecule has 1 amide bonds. The van der Waals surface area contributed by atoms with Crippen LogP contribution in [-0.2, 0) is 11.3 Å². The number of methoxy groups -OCH3 is 1. The minimum atomic E-state index is -0.626. The number of hydrogen-bond acceptors (Lipinski definition) is 9. The van der Waals surface area contributed by atoms with Gasteiger partial charge < -0.3 is 9.84 Å². The Morgan fingerprint density at radius 3 is 2.74 bits per heavy atom. The summed E-state index contributed by atoms with van der Waals surface area (Å²) in [6.45, 7) is 5.90. The van der Waals surface area contributed by atoms with Gasteiger partial charge in [0.1, 0.15) is 0 Å². The molecule has 2 N–H and O–H groups in total. The zero-order valence-electron chi connectivity index (χ0n) is 18.7. The van der Waals surface area contributed by atoms with Crippen molar-refractivity contribution in [2.45, 2.75) is 23.9 Å². The average Bonchev–Trinajstić information content (AvgIpc) is 3.22. The average molecular weight is 561 g/mol. The van der Waals surface area contributed by atoms with E-state index in [-0.39, 0.29) is 22.7 Å². The number of benzene rings is 2. The number of thioether (sulfide) groups is 1. The first-order chi connectivity index (χ1) is 16.7. The number of allylic oxidation sites excluding steroid dienone is 1. The van der Waals surface area contributed by atoms with Crippen molar-refractivity contribution >= 4 is 45.5 Å². The van der Waals surface area contributed by atoms with E-state index in [1.807, 2.05) is 28.8 Å². The Labute approximate surface area is 213 Å². The van der Waals surface area contributed by atoms with E-state index in [1.54, 1.807) is 13.0 Å². The summed E-state index contributed by atoms with van der Waals surface area (Å²) in [5, 5.41) is 33.5. The highest BCUT2D eigenvalue weighted by atomic mass is 79.9. The maximum Gasteiger partial charge on any atom is 0.274 e. The van der Waals surface area contributed by atoms with Gasteiger partial charge in [-0.05, 0) is 19.1 Å². The predicted molar refractivity (Wildman–Crippen MR) is 136 cm³/mol. The maximum absolute atomic E-state index is 12.6. The Balaban J connectivity index is 1.73. The molecule has 0 saturated carbocycles. The molecule has 0 aliphatic rings. The van der Waals surface area contributed by atoms with Crippen LogP contribution in [-0.4, -0.2) is 49.3 Å². The molecule has 0 aliphatic heterocycles. The molecule has 1 atom stereocenters. The highest BCUT2D eigenvalue weighted by molar-refractivity contribution is 9.10. The molecule has 0 spiro atoms. The number of phenolic OH excluding ortho intramolecular Hbond substituents is 1. The van der Waals surface area contributed by atoms with Crippen LogP contribution in [0.2, 0.25) is 0 Å². The van der Waals surface area contributed by atoms with Crippen molar-refractivity contribution in [2.24, 2.45) is 5.10 Å². The van der Waals surface area contributed by atoms with Crippen LogP contribution in [0.15, 0.2) is 63.8 Å². The number of nitro groups is 1. The minimum absolute atomic E-state index is 0.0153. The fourth-order valence-electron chi connectivity index (χ4n) is 2.92. The third kappa shape index (κ3) is 6.25. The molecular weight excluding hydrogens is 540 g/mol.